The molecule has 0 amide bonds. The van der Waals surface area contributed by atoms with E-state index in [0.29, 0.717) is 22.5 Å². The van der Waals surface area contributed by atoms with Gasteiger partial charge in [-0.15, -0.1) is 0 Å². The summed E-state index contributed by atoms with van der Waals surface area (Å²) >= 11 is 12.1. The third-order valence-electron chi connectivity index (χ3n) is 5.80. The number of nitrogens with one attached hydrogen (secondary N) is 1. The molecule has 0 saturated carbocycles. The van der Waals surface area contributed by atoms with Gasteiger partial charge in [0.15, 0.2) is 11.2 Å². The van der Waals surface area contributed by atoms with E-state index in [1.54, 1.807) is 72.7 Å². The van der Waals surface area contributed by atoms with Gasteiger partial charge in [0, 0.05) is 35.1 Å². The van der Waals surface area contributed by atoms with Crippen molar-refractivity contribution in [1.29, 1.82) is 0 Å². The summed E-state index contributed by atoms with van der Waals surface area (Å²) in [6.45, 7) is 0.388. The van der Waals surface area contributed by atoms with Gasteiger partial charge in [0.2, 0.25) is 5.95 Å². The van der Waals surface area contributed by atoms with E-state index in [2.05, 4.69) is 20.5 Å². The van der Waals surface area contributed by atoms with E-state index in [4.69, 9.17) is 23.2 Å². The number of hydrogen-bond donors (Lipinski definition) is 1. The number of benzene rings is 2. The summed E-state index contributed by atoms with van der Waals surface area (Å²) in [5.74, 6) is 0.307. The van der Waals surface area contributed by atoms with Crippen LogP contribution in [0, 0.1) is 0 Å². The third-order valence-corrected chi connectivity index (χ3v) is 6.31. The molecule has 0 spiro atoms. The molecule has 9 nitrogen and oxygen atoms in total. The first kappa shape index (κ1) is 24.5. The number of hydrazone groups is 1. The summed E-state index contributed by atoms with van der Waals surface area (Å²) < 4.78 is 4.26. The highest BCUT2D eigenvalue weighted by Gasteiger charge is 2.21. The number of rotatable bonds is 7. The first-order valence-corrected chi connectivity index (χ1v) is 12.0. The van der Waals surface area contributed by atoms with Crippen LogP contribution in [0.1, 0.15) is 16.7 Å². The van der Waals surface area contributed by atoms with Crippen LogP contribution in [0.25, 0.3) is 11.2 Å². The smallest absolute Gasteiger partial charge is 0.298 e. The molecule has 0 saturated heterocycles. The fourth-order valence-electron chi connectivity index (χ4n) is 3.91. The maximum atomic E-state index is 13.7. The highest BCUT2D eigenvalue weighted by molar-refractivity contribution is 6.30. The number of aryl methyl sites for hydroxylation is 1. The van der Waals surface area contributed by atoms with E-state index in [-0.39, 0.29) is 17.7 Å². The average Bonchev–Trinajstić information content (AvgIpc) is 3.26. The van der Waals surface area contributed by atoms with Crippen molar-refractivity contribution in [3.8, 4) is 0 Å². The van der Waals surface area contributed by atoms with Crippen molar-refractivity contribution in [3.05, 3.63) is 121 Å². The van der Waals surface area contributed by atoms with Gasteiger partial charge in [-0.25, -0.2) is 10.2 Å². The molecule has 0 aliphatic carbocycles. The summed E-state index contributed by atoms with van der Waals surface area (Å²) in [6.07, 6.45) is 4.93. The molecular weight excluding hydrogens is 513 g/mol. The van der Waals surface area contributed by atoms with Gasteiger partial charge in [-0.3, -0.25) is 23.5 Å². The van der Waals surface area contributed by atoms with Crippen LogP contribution < -0.4 is 16.7 Å². The number of imidazole rings is 1. The molecule has 3 heterocycles. The number of aromatic nitrogens is 5. The van der Waals surface area contributed by atoms with Crippen LogP contribution in [0.5, 0.6) is 0 Å². The standard InChI is InChI=1S/C26H21Cl2N7O2/c1-33-23-22(24(36)35(26(33)37)16-18-6-10-21(28)11-7-18)34(15-17-4-8-20(27)9-5-17)25(31-23)32-30-14-19-3-2-12-29-13-19/h2-14H,15-16H2,1H3,(H,31,32). The van der Waals surface area contributed by atoms with Crippen molar-refractivity contribution in [2.24, 2.45) is 12.1 Å². The quantitative estimate of drug-likeness (QED) is 0.250. The molecule has 3 aromatic heterocycles. The van der Waals surface area contributed by atoms with Gasteiger partial charge in [-0.05, 0) is 41.5 Å². The highest BCUT2D eigenvalue weighted by atomic mass is 35.5. The molecule has 0 atom stereocenters. The molecule has 0 unspecified atom stereocenters. The lowest BCUT2D eigenvalue weighted by Gasteiger charge is -2.11. The Bertz CT molecular complexity index is 1710. The van der Waals surface area contributed by atoms with Gasteiger partial charge < -0.3 is 0 Å². The summed E-state index contributed by atoms with van der Waals surface area (Å²) in [5, 5.41) is 5.45. The molecule has 5 aromatic rings. The zero-order valence-corrected chi connectivity index (χ0v) is 21.2. The number of anilines is 1. The molecule has 11 heteroatoms. The third kappa shape index (κ3) is 5.18. The van der Waals surface area contributed by atoms with Crippen LogP contribution in [0.4, 0.5) is 5.95 Å². The number of fused-ring (bicyclic) bond motifs is 1. The minimum atomic E-state index is -0.478. The minimum Gasteiger partial charge on any atom is -0.298 e. The summed E-state index contributed by atoms with van der Waals surface area (Å²) in [4.78, 5) is 35.5. The van der Waals surface area contributed by atoms with E-state index < -0.39 is 11.2 Å². The predicted molar refractivity (Wildman–Crippen MR) is 146 cm³/mol. The van der Waals surface area contributed by atoms with Crippen molar-refractivity contribution in [2.45, 2.75) is 13.1 Å². The average molecular weight is 534 g/mol. The first-order valence-electron chi connectivity index (χ1n) is 11.3. The van der Waals surface area contributed by atoms with Crippen molar-refractivity contribution in [2.75, 3.05) is 5.43 Å². The highest BCUT2D eigenvalue weighted by Crippen LogP contribution is 2.19. The molecule has 0 aliphatic heterocycles. The molecule has 0 aliphatic rings. The number of halogens is 2. The first-order chi connectivity index (χ1) is 17.9. The SMILES string of the molecule is Cn1c(=O)n(Cc2ccc(Cl)cc2)c(=O)c2c1nc(NN=Cc1cccnc1)n2Cc1ccc(Cl)cc1. The lowest BCUT2D eigenvalue weighted by Crippen LogP contribution is -2.40. The molecule has 186 valence electrons. The zero-order chi connectivity index (χ0) is 25.9. The molecular formula is C26H21Cl2N7O2. The maximum absolute atomic E-state index is 13.7. The normalized spacial score (nSPS) is 11.4. The van der Waals surface area contributed by atoms with Crippen LogP contribution in [-0.4, -0.2) is 29.9 Å². The molecule has 0 fully saturated rings. The second kappa shape index (κ2) is 10.4. The van der Waals surface area contributed by atoms with E-state index in [1.807, 2.05) is 18.2 Å². The van der Waals surface area contributed by atoms with E-state index in [9.17, 15) is 9.59 Å². The van der Waals surface area contributed by atoms with Crippen molar-refractivity contribution >= 4 is 46.5 Å². The fraction of sp³-hybridized carbons (Fsp3) is 0.115. The summed E-state index contributed by atoms with van der Waals surface area (Å²) in [6, 6.07) is 17.9. The Morgan fingerprint density at radius 2 is 1.54 bits per heavy atom. The van der Waals surface area contributed by atoms with E-state index in [0.717, 1.165) is 16.7 Å². The second-order valence-electron chi connectivity index (χ2n) is 8.34. The van der Waals surface area contributed by atoms with Gasteiger partial charge in [0.25, 0.3) is 5.56 Å². The van der Waals surface area contributed by atoms with E-state index in [1.165, 1.54) is 9.13 Å². The molecule has 2 aromatic carbocycles. The molecule has 0 bridgehead atoms. The Morgan fingerprint density at radius 3 is 2.14 bits per heavy atom. The fourth-order valence-corrected chi connectivity index (χ4v) is 4.16. The van der Waals surface area contributed by atoms with Crippen LogP contribution in [-0.2, 0) is 20.1 Å². The Kier molecular flexibility index (Phi) is 6.89. The van der Waals surface area contributed by atoms with Crippen LogP contribution in [0.3, 0.4) is 0 Å². The molecule has 37 heavy (non-hydrogen) atoms. The van der Waals surface area contributed by atoms with Gasteiger partial charge in [0.1, 0.15) is 0 Å². The van der Waals surface area contributed by atoms with Crippen LogP contribution >= 0.6 is 23.2 Å². The van der Waals surface area contributed by atoms with Gasteiger partial charge in [-0.1, -0.05) is 53.5 Å². The summed E-state index contributed by atoms with van der Waals surface area (Å²) in [5.41, 5.74) is 4.94. The number of pyridine rings is 1. The number of hydrogen-bond acceptors (Lipinski definition) is 6. The summed E-state index contributed by atoms with van der Waals surface area (Å²) in [7, 11) is 1.59. The van der Waals surface area contributed by atoms with Crippen LogP contribution in [0.2, 0.25) is 10.0 Å². The van der Waals surface area contributed by atoms with Gasteiger partial charge >= 0.3 is 5.69 Å². The monoisotopic (exact) mass is 533 g/mol. The Hall–Kier alpha value is -4.21. The molecule has 0 radical (unpaired) electrons. The van der Waals surface area contributed by atoms with Crippen molar-refractivity contribution in [1.82, 2.24) is 23.7 Å². The van der Waals surface area contributed by atoms with Crippen molar-refractivity contribution < 1.29 is 0 Å². The Balaban J connectivity index is 1.63. The lowest BCUT2D eigenvalue weighted by atomic mass is 10.2. The van der Waals surface area contributed by atoms with Gasteiger partial charge in [0.05, 0.1) is 19.3 Å². The minimum absolute atomic E-state index is 0.0899. The maximum Gasteiger partial charge on any atom is 0.332 e. The Morgan fingerprint density at radius 1 is 0.919 bits per heavy atom. The lowest BCUT2D eigenvalue weighted by molar-refractivity contribution is 0.653. The molecule has 1 N–H and O–H groups in total. The van der Waals surface area contributed by atoms with Gasteiger partial charge in [-0.2, -0.15) is 10.1 Å². The zero-order valence-electron chi connectivity index (χ0n) is 19.7. The second-order valence-corrected chi connectivity index (χ2v) is 9.21. The predicted octanol–water partition coefficient (Wildman–Crippen LogP) is 4.14. The Labute approximate surface area is 221 Å². The van der Waals surface area contributed by atoms with Crippen LogP contribution in [0.15, 0.2) is 87.7 Å². The van der Waals surface area contributed by atoms with E-state index >= 15 is 0 Å². The largest absolute Gasteiger partial charge is 0.332 e. The van der Waals surface area contributed by atoms with Crippen molar-refractivity contribution in [3.63, 3.8) is 0 Å². The number of nitrogens with zero attached hydrogens (tertiary/aromatic N) is 6. The topological polar surface area (TPSA) is 99.1 Å². The molecule has 5 rings (SSSR count).